The smallest absolute Gasteiger partial charge is 0.271 e. The van der Waals surface area contributed by atoms with Crippen molar-refractivity contribution in [3.8, 4) is 0 Å². The number of sulfonamides is 1. The van der Waals surface area contributed by atoms with Crippen molar-refractivity contribution in [2.75, 3.05) is 28.6 Å². The summed E-state index contributed by atoms with van der Waals surface area (Å²) < 4.78 is 25.9. The Labute approximate surface area is 201 Å². The van der Waals surface area contributed by atoms with E-state index in [0.717, 1.165) is 29.9 Å². The van der Waals surface area contributed by atoms with E-state index in [9.17, 15) is 13.2 Å². The second-order valence-corrected chi connectivity index (χ2v) is 9.67. The van der Waals surface area contributed by atoms with Gasteiger partial charge in [0.2, 0.25) is 10.0 Å². The molecule has 0 saturated carbocycles. The predicted molar refractivity (Wildman–Crippen MR) is 139 cm³/mol. The molecule has 0 aromatic heterocycles. The van der Waals surface area contributed by atoms with Crippen LogP contribution in [-0.2, 0) is 16.6 Å². The maximum absolute atomic E-state index is 12.4. The first-order chi connectivity index (χ1) is 16.3. The van der Waals surface area contributed by atoms with Gasteiger partial charge < -0.3 is 4.90 Å². The maximum atomic E-state index is 12.4. The highest BCUT2D eigenvalue weighted by atomic mass is 32.2. The van der Waals surface area contributed by atoms with E-state index in [1.54, 1.807) is 54.7 Å². The first kappa shape index (κ1) is 25.0. The Morgan fingerprint density at radius 1 is 0.882 bits per heavy atom. The average Bonchev–Trinajstić information content (AvgIpc) is 2.84. The summed E-state index contributed by atoms with van der Waals surface area (Å²) in [5.74, 6) is -0.342. The molecule has 34 heavy (non-hydrogen) atoms. The maximum Gasteiger partial charge on any atom is 0.271 e. The molecule has 0 unspecified atom stereocenters. The number of carbonyl (C=O) groups excluding carboxylic acids is 1. The molecule has 0 saturated heterocycles. The second kappa shape index (κ2) is 11.5. The van der Waals surface area contributed by atoms with E-state index in [0.29, 0.717) is 11.3 Å². The molecule has 1 amide bonds. The Kier molecular flexibility index (Phi) is 8.43. The van der Waals surface area contributed by atoms with Gasteiger partial charge >= 0.3 is 0 Å². The number of anilines is 2. The normalized spacial score (nSPS) is 11.4. The summed E-state index contributed by atoms with van der Waals surface area (Å²) in [6, 6.07) is 23.7. The first-order valence-electron chi connectivity index (χ1n) is 11.1. The van der Waals surface area contributed by atoms with Gasteiger partial charge in [0.25, 0.3) is 5.91 Å². The van der Waals surface area contributed by atoms with Gasteiger partial charge in [-0.05, 0) is 61.4 Å². The van der Waals surface area contributed by atoms with Crippen LogP contribution in [0, 0.1) is 0 Å². The summed E-state index contributed by atoms with van der Waals surface area (Å²) in [4.78, 5) is 14.7. The zero-order chi connectivity index (χ0) is 24.6. The number of hydrogen-bond donors (Lipinski definition) is 1. The quantitative estimate of drug-likeness (QED) is 0.349. The molecule has 0 fully saturated rings. The fourth-order valence-corrected chi connectivity index (χ4v) is 4.40. The molecular weight excluding hydrogens is 448 g/mol. The van der Waals surface area contributed by atoms with Crippen LogP contribution in [0.1, 0.15) is 35.3 Å². The van der Waals surface area contributed by atoms with E-state index >= 15 is 0 Å². The van der Waals surface area contributed by atoms with Gasteiger partial charge in [0.15, 0.2) is 0 Å². The average molecular weight is 479 g/mol. The van der Waals surface area contributed by atoms with E-state index in [2.05, 4.69) is 29.3 Å². The lowest BCUT2D eigenvalue weighted by molar-refractivity contribution is 0.0955. The molecule has 0 spiro atoms. The van der Waals surface area contributed by atoms with Crippen LogP contribution >= 0.6 is 0 Å². The van der Waals surface area contributed by atoms with Crippen LogP contribution in [0.15, 0.2) is 84.0 Å². The SMILES string of the molecule is CCN(CC)c1ccc(/C=N\NC(=O)c2ccc(CN(c3ccccc3)S(C)(=O)=O)cc2)cc1. The Hall–Kier alpha value is -3.65. The third-order valence-corrected chi connectivity index (χ3v) is 6.53. The predicted octanol–water partition coefficient (Wildman–Crippen LogP) is 4.26. The van der Waals surface area contributed by atoms with Gasteiger partial charge in [0.05, 0.1) is 24.7 Å². The molecule has 7 nitrogen and oxygen atoms in total. The van der Waals surface area contributed by atoms with Crippen LogP contribution in [-0.4, -0.2) is 39.9 Å². The molecule has 8 heteroatoms. The number of carbonyl (C=O) groups is 1. The number of rotatable bonds is 10. The summed E-state index contributed by atoms with van der Waals surface area (Å²) in [5, 5.41) is 4.05. The molecule has 0 heterocycles. The fraction of sp³-hybridized carbons (Fsp3) is 0.231. The highest BCUT2D eigenvalue weighted by Gasteiger charge is 2.17. The standard InChI is InChI=1S/C26H30N4O3S/c1-4-29(5-2)24-17-13-21(14-18-24)19-27-28-26(31)23-15-11-22(12-16-23)20-30(34(3,32)33)25-9-7-6-8-10-25/h6-19H,4-5,20H2,1-3H3,(H,28,31)/b27-19-. The van der Waals surface area contributed by atoms with Crippen molar-refractivity contribution in [3.05, 3.63) is 95.6 Å². The van der Waals surface area contributed by atoms with Gasteiger partial charge in [-0.1, -0.05) is 42.5 Å². The highest BCUT2D eigenvalue weighted by Crippen LogP contribution is 2.20. The van der Waals surface area contributed by atoms with Crippen molar-refractivity contribution in [2.24, 2.45) is 5.10 Å². The molecule has 0 radical (unpaired) electrons. The van der Waals surface area contributed by atoms with E-state index < -0.39 is 10.0 Å². The zero-order valence-corrected chi connectivity index (χ0v) is 20.5. The number of benzene rings is 3. The lowest BCUT2D eigenvalue weighted by Crippen LogP contribution is -2.29. The van der Waals surface area contributed by atoms with Crippen molar-refractivity contribution in [3.63, 3.8) is 0 Å². The zero-order valence-electron chi connectivity index (χ0n) is 19.7. The Morgan fingerprint density at radius 2 is 1.50 bits per heavy atom. The van der Waals surface area contributed by atoms with Gasteiger partial charge in [-0.25, -0.2) is 13.8 Å². The van der Waals surface area contributed by atoms with Gasteiger partial charge in [-0.2, -0.15) is 5.10 Å². The van der Waals surface area contributed by atoms with Crippen LogP contribution in [0.25, 0.3) is 0 Å². The molecule has 3 aromatic carbocycles. The van der Waals surface area contributed by atoms with Crippen LogP contribution in [0.3, 0.4) is 0 Å². The Balaban J connectivity index is 1.61. The van der Waals surface area contributed by atoms with E-state index in [4.69, 9.17) is 0 Å². The van der Waals surface area contributed by atoms with Crippen molar-refractivity contribution in [1.29, 1.82) is 0 Å². The second-order valence-electron chi connectivity index (χ2n) is 7.77. The minimum atomic E-state index is -3.46. The minimum absolute atomic E-state index is 0.173. The van der Waals surface area contributed by atoms with Crippen LogP contribution in [0.4, 0.5) is 11.4 Å². The number of hydrazone groups is 1. The molecule has 0 aliphatic heterocycles. The van der Waals surface area contributed by atoms with Crippen molar-refractivity contribution in [2.45, 2.75) is 20.4 Å². The summed E-state index contributed by atoms with van der Waals surface area (Å²) in [6.45, 7) is 6.29. The number of amides is 1. The number of nitrogens with one attached hydrogen (secondary N) is 1. The van der Waals surface area contributed by atoms with Gasteiger partial charge in [0.1, 0.15) is 0 Å². The lowest BCUT2D eigenvalue weighted by Gasteiger charge is -2.22. The molecule has 0 aliphatic carbocycles. The Bertz CT molecular complexity index is 1210. The minimum Gasteiger partial charge on any atom is -0.372 e. The molecule has 3 rings (SSSR count). The van der Waals surface area contributed by atoms with E-state index in [1.807, 2.05) is 30.3 Å². The molecule has 0 atom stereocenters. The summed E-state index contributed by atoms with van der Waals surface area (Å²) in [6.07, 6.45) is 2.78. The molecule has 0 bridgehead atoms. The van der Waals surface area contributed by atoms with Crippen molar-refractivity contribution < 1.29 is 13.2 Å². The highest BCUT2D eigenvalue weighted by molar-refractivity contribution is 7.92. The number of nitrogens with zero attached hydrogens (tertiary/aromatic N) is 3. The third kappa shape index (κ3) is 6.68. The summed E-state index contributed by atoms with van der Waals surface area (Å²) in [7, 11) is -3.46. The van der Waals surface area contributed by atoms with Crippen molar-refractivity contribution in [1.82, 2.24) is 5.43 Å². The molecule has 178 valence electrons. The Morgan fingerprint density at radius 3 is 2.06 bits per heavy atom. The van der Waals surface area contributed by atoms with Gasteiger partial charge in [-0.3, -0.25) is 9.10 Å². The van der Waals surface area contributed by atoms with Crippen LogP contribution < -0.4 is 14.6 Å². The number of hydrogen-bond acceptors (Lipinski definition) is 5. The molecule has 0 aliphatic rings. The van der Waals surface area contributed by atoms with E-state index in [1.165, 1.54) is 10.6 Å². The summed E-state index contributed by atoms with van der Waals surface area (Å²) >= 11 is 0. The lowest BCUT2D eigenvalue weighted by atomic mass is 10.1. The third-order valence-electron chi connectivity index (χ3n) is 5.39. The molecule has 1 N–H and O–H groups in total. The number of para-hydroxylation sites is 1. The first-order valence-corrected chi connectivity index (χ1v) is 13.0. The molecular formula is C26H30N4O3S. The van der Waals surface area contributed by atoms with Crippen molar-refractivity contribution >= 4 is 33.5 Å². The van der Waals surface area contributed by atoms with Gasteiger partial charge in [-0.15, -0.1) is 0 Å². The monoisotopic (exact) mass is 478 g/mol. The van der Waals surface area contributed by atoms with E-state index in [-0.39, 0.29) is 12.5 Å². The van der Waals surface area contributed by atoms with Gasteiger partial charge in [0, 0.05) is 24.3 Å². The molecule has 3 aromatic rings. The largest absolute Gasteiger partial charge is 0.372 e. The van der Waals surface area contributed by atoms with Crippen LogP contribution in [0.2, 0.25) is 0 Å². The topological polar surface area (TPSA) is 82.1 Å². The fourth-order valence-electron chi connectivity index (χ4n) is 3.51. The summed E-state index contributed by atoms with van der Waals surface area (Å²) in [5.41, 5.74) is 6.35. The van der Waals surface area contributed by atoms with Crippen LogP contribution in [0.5, 0.6) is 0 Å².